The molecule has 0 aromatic carbocycles. The second-order valence-corrected chi connectivity index (χ2v) is 6.38. The number of carbonyl (C=O) groups excluding carboxylic acids is 1. The highest BCUT2D eigenvalue weighted by molar-refractivity contribution is 6.06. The van der Waals surface area contributed by atoms with Crippen molar-refractivity contribution in [2.75, 3.05) is 6.67 Å². The van der Waals surface area contributed by atoms with E-state index in [2.05, 4.69) is 15.3 Å². The van der Waals surface area contributed by atoms with Gasteiger partial charge in [-0.2, -0.15) is 0 Å². The van der Waals surface area contributed by atoms with Gasteiger partial charge >= 0.3 is 11.7 Å². The average molecular weight is 380 g/mol. The Hall–Kier alpha value is -3.04. The second kappa shape index (κ2) is 8.11. The zero-order chi connectivity index (χ0) is 20.3. The number of aryl methyl sites for hydroxylation is 1. The SMILES string of the molecule is CCCn1c(=O)[nH]c(=O)c2c(C(=O)NC(CF)C(=O)O)cc(C(C)C)nc21. The number of amides is 1. The molecule has 0 spiro atoms. The zero-order valence-electron chi connectivity index (χ0n) is 15.2. The Morgan fingerprint density at radius 3 is 2.56 bits per heavy atom. The molecule has 9 nitrogen and oxygen atoms in total. The molecule has 2 rings (SSSR count). The average Bonchev–Trinajstić information content (AvgIpc) is 2.61. The van der Waals surface area contributed by atoms with Gasteiger partial charge < -0.3 is 10.4 Å². The first-order valence-corrected chi connectivity index (χ1v) is 8.48. The molecule has 2 aromatic rings. The molecule has 0 aliphatic carbocycles. The molecular weight excluding hydrogens is 359 g/mol. The number of carbonyl (C=O) groups is 2. The van der Waals surface area contributed by atoms with Gasteiger partial charge in [-0.3, -0.25) is 19.1 Å². The fraction of sp³-hybridized carbons (Fsp3) is 0.471. The fourth-order valence-electron chi connectivity index (χ4n) is 2.60. The molecule has 10 heteroatoms. The van der Waals surface area contributed by atoms with Gasteiger partial charge in [-0.05, 0) is 18.4 Å². The number of hydrogen-bond donors (Lipinski definition) is 3. The van der Waals surface area contributed by atoms with Crippen LogP contribution >= 0.6 is 0 Å². The topological polar surface area (TPSA) is 134 Å². The molecule has 1 amide bonds. The van der Waals surface area contributed by atoms with Crippen LogP contribution in [0.25, 0.3) is 11.0 Å². The van der Waals surface area contributed by atoms with Crippen LogP contribution in [0.5, 0.6) is 0 Å². The van der Waals surface area contributed by atoms with Crippen molar-refractivity contribution in [2.24, 2.45) is 0 Å². The van der Waals surface area contributed by atoms with E-state index in [9.17, 15) is 23.6 Å². The summed E-state index contributed by atoms with van der Waals surface area (Å²) in [7, 11) is 0. The summed E-state index contributed by atoms with van der Waals surface area (Å²) in [5.74, 6) is -2.60. The van der Waals surface area contributed by atoms with Crippen molar-refractivity contribution >= 4 is 22.9 Å². The van der Waals surface area contributed by atoms with E-state index in [0.717, 1.165) is 0 Å². The standard InChI is InChI=1S/C17H21FN4O5/c1-4-5-22-13-12(15(24)21-17(22)27)9(6-10(19-13)8(2)3)14(23)20-11(7-18)16(25)26/h6,8,11H,4-5,7H2,1-3H3,(H,20,23)(H,25,26)(H,21,24,27). The van der Waals surface area contributed by atoms with Crippen molar-refractivity contribution in [3.05, 3.63) is 38.2 Å². The first kappa shape index (κ1) is 20.3. The highest BCUT2D eigenvalue weighted by Gasteiger charge is 2.25. The van der Waals surface area contributed by atoms with Crippen molar-refractivity contribution in [1.82, 2.24) is 19.9 Å². The van der Waals surface area contributed by atoms with E-state index in [0.29, 0.717) is 12.1 Å². The van der Waals surface area contributed by atoms with Gasteiger partial charge in [0, 0.05) is 12.2 Å². The minimum Gasteiger partial charge on any atom is -0.480 e. The van der Waals surface area contributed by atoms with Gasteiger partial charge in [0.1, 0.15) is 6.67 Å². The van der Waals surface area contributed by atoms with E-state index in [4.69, 9.17) is 5.11 Å². The summed E-state index contributed by atoms with van der Waals surface area (Å²) < 4.78 is 14.1. The van der Waals surface area contributed by atoms with E-state index >= 15 is 0 Å². The molecule has 0 saturated carbocycles. The summed E-state index contributed by atoms with van der Waals surface area (Å²) in [4.78, 5) is 54.6. The van der Waals surface area contributed by atoms with Crippen LogP contribution in [0.1, 0.15) is 49.2 Å². The number of alkyl halides is 1. The first-order valence-electron chi connectivity index (χ1n) is 8.48. The Kier molecular flexibility index (Phi) is 6.09. The molecule has 1 atom stereocenters. The number of carboxylic acid groups (broad SMARTS) is 1. The number of aromatic nitrogens is 3. The molecule has 0 aliphatic rings. The predicted octanol–water partition coefficient (Wildman–Crippen LogP) is 0.771. The van der Waals surface area contributed by atoms with Crippen molar-refractivity contribution in [3.8, 4) is 0 Å². The van der Waals surface area contributed by atoms with Crippen LogP contribution in [0.3, 0.4) is 0 Å². The third kappa shape index (κ3) is 4.04. The zero-order valence-corrected chi connectivity index (χ0v) is 15.2. The first-order chi connectivity index (χ1) is 12.7. The van der Waals surface area contributed by atoms with Crippen LogP contribution in [0.2, 0.25) is 0 Å². The summed E-state index contributed by atoms with van der Waals surface area (Å²) in [5.41, 5.74) is -1.15. The maximum Gasteiger partial charge on any atom is 0.329 e. The number of carboxylic acids is 1. The van der Waals surface area contributed by atoms with Gasteiger partial charge in [-0.1, -0.05) is 20.8 Å². The number of halogens is 1. The molecule has 2 aromatic heterocycles. The minimum absolute atomic E-state index is 0.0362. The van der Waals surface area contributed by atoms with Crippen LogP contribution in [0, 0.1) is 0 Å². The molecule has 0 aliphatic heterocycles. The number of nitrogens with one attached hydrogen (secondary N) is 2. The maximum absolute atomic E-state index is 12.9. The van der Waals surface area contributed by atoms with E-state index < -0.39 is 35.8 Å². The van der Waals surface area contributed by atoms with E-state index in [1.54, 1.807) is 0 Å². The van der Waals surface area contributed by atoms with Crippen LogP contribution in [0.4, 0.5) is 4.39 Å². The number of pyridine rings is 1. The summed E-state index contributed by atoms with van der Waals surface area (Å²) in [5, 5.41) is 10.9. The maximum atomic E-state index is 12.9. The fourth-order valence-corrected chi connectivity index (χ4v) is 2.60. The van der Waals surface area contributed by atoms with Gasteiger partial charge in [0.25, 0.3) is 11.5 Å². The van der Waals surface area contributed by atoms with E-state index in [1.807, 2.05) is 20.8 Å². The quantitative estimate of drug-likeness (QED) is 0.649. The number of nitrogens with zero attached hydrogens (tertiary/aromatic N) is 2. The lowest BCUT2D eigenvalue weighted by atomic mass is 10.0. The largest absolute Gasteiger partial charge is 0.480 e. The Labute approximate surface area is 153 Å². The van der Waals surface area contributed by atoms with Gasteiger partial charge in [-0.15, -0.1) is 0 Å². The third-order valence-corrected chi connectivity index (χ3v) is 4.01. The van der Waals surface area contributed by atoms with Crippen LogP contribution < -0.4 is 16.6 Å². The molecule has 2 heterocycles. The molecule has 0 bridgehead atoms. The number of H-pyrrole nitrogens is 1. The van der Waals surface area contributed by atoms with E-state index in [1.165, 1.54) is 10.6 Å². The Bertz CT molecular complexity index is 995. The van der Waals surface area contributed by atoms with Gasteiger partial charge in [0.05, 0.1) is 10.9 Å². The normalized spacial score (nSPS) is 12.3. The number of aliphatic carboxylic acids is 1. The minimum atomic E-state index is -1.75. The molecule has 0 radical (unpaired) electrons. The molecule has 0 saturated heterocycles. The van der Waals surface area contributed by atoms with Crippen molar-refractivity contribution in [2.45, 2.75) is 45.7 Å². The van der Waals surface area contributed by atoms with Crippen LogP contribution in [-0.2, 0) is 11.3 Å². The smallest absolute Gasteiger partial charge is 0.329 e. The number of aromatic amines is 1. The number of hydrogen-bond acceptors (Lipinski definition) is 5. The third-order valence-electron chi connectivity index (χ3n) is 4.01. The summed E-state index contributed by atoms with van der Waals surface area (Å²) in [6, 6.07) is -0.390. The van der Waals surface area contributed by atoms with Gasteiger partial charge in [0.15, 0.2) is 11.7 Å². The van der Waals surface area contributed by atoms with Crippen LogP contribution in [0.15, 0.2) is 15.7 Å². The lowest BCUT2D eigenvalue weighted by Crippen LogP contribution is -2.43. The summed E-state index contributed by atoms with van der Waals surface area (Å²) >= 11 is 0. The molecule has 27 heavy (non-hydrogen) atoms. The Balaban J connectivity index is 2.79. The molecule has 3 N–H and O–H groups in total. The van der Waals surface area contributed by atoms with Crippen molar-refractivity contribution < 1.29 is 19.1 Å². The van der Waals surface area contributed by atoms with Crippen molar-refractivity contribution in [1.29, 1.82) is 0 Å². The monoisotopic (exact) mass is 380 g/mol. The lowest BCUT2D eigenvalue weighted by molar-refractivity contribution is -0.139. The Morgan fingerprint density at radius 1 is 1.37 bits per heavy atom. The number of fused-ring (bicyclic) bond motifs is 1. The molecule has 0 fully saturated rings. The second-order valence-electron chi connectivity index (χ2n) is 6.38. The van der Waals surface area contributed by atoms with E-state index in [-0.39, 0.29) is 29.1 Å². The van der Waals surface area contributed by atoms with Crippen LogP contribution in [-0.4, -0.2) is 44.2 Å². The number of rotatable bonds is 7. The van der Waals surface area contributed by atoms with Crippen molar-refractivity contribution in [3.63, 3.8) is 0 Å². The highest BCUT2D eigenvalue weighted by Crippen LogP contribution is 2.20. The summed E-state index contributed by atoms with van der Waals surface area (Å²) in [6.07, 6.45) is 0.582. The Morgan fingerprint density at radius 2 is 2.04 bits per heavy atom. The van der Waals surface area contributed by atoms with Gasteiger partial charge in [0.2, 0.25) is 0 Å². The van der Waals surface area contributed by atoms with Gasteiger partial charge in [-0.25, -0.2) is 19.0 Å². The summed E-state index contributed by atoms with van der Waals surface area (Å²) in [6.45, 7) is 4.42. The molecular formula is C17H21FN4O5. The predicted molar refractivity (Wildman–Crippen MR) is 95.9 cm³/mol. The molecule has 146 valence electrons. The highest BCUT2D eigenvalue weighted by atomic mass is 19.1. The lowest BCUT2D eigenvalue weighted by Gasteiger charge is -2.16. The molecule has 1 unspecified atom stereocenters.